The van der Waals surface area contributed by atoms with Crippen molar-refractivity contribution < 1.29 is 4.74 Å². The van der Waals surface area contributed by atoms with Gasteiger partial charge in [0.1, 0.15) is 0 Å². The first kappa shape index (κ1) is 18.7. The van der Waals surface area contributed by atoms with Crippen molar-refractivity contribution in [3.8, 4) is 0 Å². The third kappa shape index (κ3) is 11.7. The minimum Gasteiger partial charge on any atom is -0.376 e. The van der Waals surface area contributed by atoms with Gasteiger partial charge in [-0.3, -0.25) is 0 Å². The predicted octanol–water partition coefficient (Wildman–Crippen LogP) is 4.76. The number of halogens is 1. The Kier molecular flexibility index (Phi) is 8.34. The summed E-state index contributed by atoms with van der Waals surface area (Å²) in [5, 5.41) is 3.53. The summed E-state index contributed by atoms with van der Waals surface area (Å²) in [6.07, 6.45) is 3.39. The predicted molar refractivity (Wildman–Crippen MR) is 89.4 cm³/mol. The van der Waals surface area contributed by atoms with Crippen molar-refractivity contribution in [2.24, 2.45) is 5.41 Å². The van der Waals surface area contributed by atoms with Gasteiger partial charge < -0.3 is 10.1 Å². The van der Waals surface area contributed by atoms with E-state index in [1.54, 1.807) is 0 Å². The van der Waals surface area contributed by atoms with E-state index < -0.39 is 0 Å². The highest BCUT2D eigenvalue weighted by atomic mass is 127. The molecule has 1 N–H and O–H groups in total. The van der Waals surface area contributed by atoms with E-state index in [2.05, 4.69) is 76.4 Å². The van der Waals surface area contributed by atoms with Crippen LogP contribution in [-0.2, 0) is 4.74 Å². The van der Waals surface area contributed by atoms with Gasteiger partial charge in [0.05, 0.1) is 9.65 Å². The average molecular weight is 369 g/mol. The summed E-state index contributed by atoms with van der Waals surface area (Å²) in [4.78, 5) is 0. The van der Waals surface area contributed by atoms with Crippen molar-refractivity contribution in [3.63, 3.8) is 0 Å². The molecule has 0 aromatic carbocycles. The standard InChI is InChI=1S/C15H32INO/c1-12(17-13(2)16)8-9-15(6,7)18-11-10-14(3,4)5/h12-13,17H,8-11H2,1-7H3. The van der Waals surface area contributed by atoms with Gasteiger partial charge in [0.2, 0.25) is 0 Å². The summed E-state index contributed by atoms with van der Waals surface area (Å²) in [6.45, 7) is 16.5. The van der Waals surface area contributed by atoms with Crippen molar-refractivity contribution in [3.05, 3.63) is 0 Å². The van der Waals surface area contributed by atoms with Crippen LogP contribution in [0.4, 0.5) is 0 Å². The molecular weight excluding hydrogens is 337 g/mol. The Balaban J connectivity index is 3.86. The summed E-state index contributed by atoms with van der Waals surface area (Å²) in [7, 11) is 0. The van der Waals surface area contributed by atoms with Crippen molar-refractivity contribution in [1.82, 2.24) is 5.32 Å². The van der Waals surface area contributed by atoms with Crippen LogP contribution < -0.4 is 5.32 Å². The van der Waals surface area contributed by atoms with Crippen LogP contribution in [0.15, 0.2) is 0 Å². The molecule has 0 bridgehead atoms. The molecule has 0 radical (unpaired) electrons. The van der Waals surface area contributed by atoms with Gasteiger partial charge in [0, 0.05) is 12.6 Å². The van der Waals surface area contributed by atoms with Gasteiger partial charge in [-0.1, -0.05) is 43.4 Å². The molecule has 0 saturated heterocycles. The topological polar surface area (TPSA) is 21.3 Å². The molecule has 0 fully saturated rings. The van der Waals surface area contributed by atoms with E-state index in [-0.39, 0.29) is 5.60 Å². The molecule has 0 heterocycles. The SMILES string of the molecule is CC(I)NC(C)CCC(C)(C)OCCC(C)(C)C. The average Bonchev–Trinajstić information content (AvgIpc) is 2.11. The van der Waals surface area contributed by atoms with Gasteiger partial charge in [-0.25, -0.2) is 0 Å². The maximum atomic E-state index is 6.03. The first-order chi connectivity index (χ1) is 8.02. The van der Waals surface area contributed by atoms with Gasteiger partial charge in [-0.15, -0.1) is 0 Å². The fourth-order valence-electron chi connectivity index (χ4n) is 1.75. The molecule has 2 unspecified atom stereocenters. The van der Waals surface area contributed by atoms with E-state index >= 15 is 0 Å². The summed E-state index contributed by atoms with van der Waals surface area (Å²) in [5.41, 5.74) is 0.358. The zero-order valence-electron chi connectivity index (χ0n) is 13.3. The first-order valence-electron chi connectivity index (χ1n) is 7.06. The van der Waals surface area contributed by atoms with Crippen LogP contribution in [-0.4, -0.2) is 22.3 Å². The Labute approximate surface area is 128 Å². The molecule has 0 aliphatic heterocycles. The molecule has 110 valence electrons. The van der Waals surface area contributed by atoms with Gasteiger partial charge in [-0.2, -0.15) is 0 Å². The highest BCUT2D eigenvalue weighted by Gasteiger charge is 2.21. The summed E-state index contributed by atoms with van der Waals surface area (Å²) in [6, 6.07) is 0.558. The highest BCUT2D eigenvalue weighted by molar-refractivity contribution is 14.1. The van der Waals surface area contributed by atoms with Crippen LogP contribution in [0.25, 0.3) is 0 Å². The Morgan fingerprint density at radius 2 is 1.61 bits per heavy atom. The number of ether oxygens (including phenoxy) is 1. The summed E-state index contributed by atoms with van der Waals surface area (Å²) >= 11 is 2.41. The zero-order chi connectivity index (χ0) is 14.4. The molecule has 2 nitrogen and oxygen atoms in total. The van der Waals surface area contributed by atoms with Crippen LogP contribution in [0.2, 0.25) is 0 Å². The second kappa shape index (κ2) is 8.05. The Hall–Kier alpha value is 0.650. The van der Waals surface area contributed by atoms with Gasteiger partial charge in [0.15, 0.2) is 0 Å². The van der Waals surface area contributed by atoms with E-state index in [0.29, 0.717) is 15.5 Å². The molecule has 0 aromatic heterocycles. The lowest BCUT2D eigenvalue weighted by molar-refractivity contribution is -0.0353. The van der Waals surface area contributed by atoms with E-state index in [1.807, 2.05) is 0 Å². The molecule has 0 spiro atoms. The number of alkyl halides is 1. The Bertz CT molecular complexity index is 221. The quantitative estimate of drug-likeness (QED) is 0.379. The number of hydrogen-bond donors (Lipinski definition) is 1. The van der Waals surface area contributed by atoms with Gasteiger partial charge >= 0.3 is 0 Å². The van der Waals surface area contributed by atoms with Crippen LogP contribution in [0.5, 0.6) is 0 Å². The summed E-state index contributed by atoms with van der Waals surface area (Å²) in [5.74, 6) is 0. The van der Waals surface area contributed by atoms with E-state index in [1.165, 1.54) is 0 Å². The summed E-state index contributed by atoms with van der Waals surface area (Å²) < 4.78 is 6.56. The molecule has 0 amide bonds. The second-order valence-electron chi connectivity index (χ2n) is 7.14. The highest BCUT2D eigenvalue weighted by Crippen LogP contribution is 2.23. The third-order valence-corrected chi connectivity index (χ3v) is 3.40. The number of hydrogen-bond acceptors (Lipinski definition) is 2. The molecule has 0 rings (SSSR count). The van der Waals surface area contributed by atoms with Crippen LogP contribution in [0.3, 0.4) is 0 Å². The molecule has 0 saturated carbocycles. The van der Waals surface area contributed by atoms with E-state index in [4.69, 9.17) is 4.74 Å². The third-order valence-electron chi connectivity index (χ3n) is 3.04. The zero-order valence-corrected chi connectivity index (χ0v) is 15.4. The lowest BCUT2D eigenvalue weighted by Gasteiger charge is -2.29. The normalized spacial score (nSPS) is 16.7. The van der Waals surface area contributed by atoms with E-state index in [0.717, 1.165) is 25.9 Å². The molecule has 2 atom stereocenters. The minimum atomic E-state index is -0.00426. The molecule has 3 heteroatoms. The fourth-order valence-corrected chi connectivity index (χ4v) is 2.36. The lowest BCUT2D eigenvalue weighted by atomic mass is 9.92. The molecule has 0 aromatic rings. The molecule has 0 aliphatic rings. The van der Waals surface area contributed by atoms with Crippen molar-refractivity contribution in [2.45, 2.75) is 83.4 Å². The Morgan fingerprint density at radius 3 is 2.06 bits per heavy atom. The number of rotatable bonds is 8. The van der Waals surface area contributed by atoms with Gasteiger partial charge in [0.25, 0.3) is 0 Å². The van der Waals surface area contributed by atoms with Crippen molar-refractivity contribution in [2.75, 3.05) is 6.61 Å². The maximum absolute atomic E-state index is 6.03. The van der Waals surface area contributed by atoms with Crippen molar-refractivity contribution >= 4 is 22.6 Å². The minimum absolute atomic E-state index is 0.00426. The number of nitrogens with one attached hydrogen (secondary N) is 1. The molecule has 18 heavy (non-hydrogen) atoms. The fraction of sp³-hybridized carbons (Fsp3) is 1.00. The van der Waals surface area contributed by atoms with Crippen LogP contribution in [0.1, 0.15) is 67.7 Å². The van der Waals surface area contributed by atoms with Gasteiger partial charge in [-0.05, 0) is 52.4 Å². The maximum Gasteiger partial charge on any atom is 0.0627 e. The smallest absolute Gasteiger partial charge is 0.0627 e. The van der Waals surface area contributed by atoms with Crippen molar-refractivity contribution in [1.29, 1.82) is 0 Å². The Morgan fingerprint density at radius 1 is 1.06 bits per heavy atom. The largest absolute Gasteiger partial charge is 0.376 e. The molecule has 0 aliphatic carbocycles. The van der Waals surface area contributed by atoms with Crippen LogP contribution in [0, 0.1) is 5.41 Å². The second-order valence-corrected chi connectivity index (χ2v) is 9.01. The first-order valence-corrected chi connectivity index (χ1v) is 8.30. The monoisotopic (exact) mass is 369 g/mol. The van der Waals surface area contributed by atoms with E-state index in [9.17, 15) is 0 Å². The molecular formula is C15H32INO. The van der Waals surface area contributed by atoms with Crippen LogP contribution >= 0.6 is 22.6 Å². The lowest BCUT2D eigenvalue weighted by Crippen LogP contribution is -2.34.